The first-order valence-corrected chi connectivity index (χ1v) is 10.8. The monoisotopic (exact) mass is 404 g/mol. The van der Waals surface area contributed by atoms with Crippen LogP contribution in [0.3, 0.4) is 0 Å². The van der Waals surface area contributed by atoms with Gasteiger partial charge in [0.15, 0.2) is 0 Å². The van der Waals surface area contributed by atoms with Crippen molar-refractivity contribution in [3.63, 3.8) is 0 Å². The molecule has 1 aromatic rings. The maximum Gasteiger partial charge on any atom is 0.227 e. The molecule has 2 aliphatic heterocycles. The van der Waals surface area contributed by atoms with Gasteiger partial charge in [-0.1, -0.05) is 34.5 Å². The Kier molecular flexibility index (Phi) is 5.47. The predicted molar refractivity (Wildman–Crippen MR) is 105 cm³/mol. The fourth-order valence-electron chi connectivity index (χ4n) is 5.34. The minimum Gasteiger partial charge on any atom is -0.338 e. The summed E-state index contributed by atoms with van der Waals surface area (Å²) in [6.07, 6.45) is 9.65. The maximum atomic E-state index is 13.2. The van der Waals surface area contributed by atoms with E-state index in [2.05, 4.69) is 37.9 Å². The topological polar surface area (TPSA) is 23.6 Å². The van der Waals surface area contributed by atoms with Gasteiger partial charge in [-0.05, 0) is 75.2 Å². The van der Waals surface area contributed by atoms with Crippen LogP contribution in [0.1, 0.15) is 50.5 Å². The Balaban J connectivity index is 1.51. The molecular weight excluding hydrogens is 376 g/mol. The first-order chi connectivity index (χ1) is 12.2. The van der Waals surface area contributed by atoms with Gasteiger partial charge in [-0.25, -0.2) is 0 Å². The van der Waals surface area contributed by atoms with E-state index in [0.717, 1.165) is 22.5 Å². The Hall–Kier alpha value is -0.870. The molecule has 0 N–H and O–H groups in total. The highest BCUT2D eigenvalue weighted by Crippen LogP contribution is 2.39. The molecule has 4 rings (SSSR count). The number of amides is 1. The van der Waals surface area contributed by atoms with Crippen LogP contribution in [0.15, 0.2) is 28.7 Å². The lowest BCUT2D eigenvalue weighted by Crippen LogP contribution is -2.60. The second-order valence-corrected chi connectivity index (χ2v) is 8.94. The third-order valence-corrected chi connectivity index (χ3v) is 7.01. The molecule has 0 unspecified atom stereocenters. The Bertz CT molecular complexity index is 594. The second kappa shape index (κ2) is 7.79. The molecular formula is C21H29BrN2O. The number of halogens is 1. The molecule has 3 fully saturated rings. The summed E-state index contributed by atoms with van der Waals surface area (Å²) >= 11 is 3.48. The molecule has 136 valence electrons. The largest absolute Gasteiger partial charge is 0.338 e. The molecule has 0 bridgehead atoms. The van der Waals surface area contributed by atoms with Crippen molar-refractivity contribution < 1.29 is 4.79 Å². The summed E-state index contributed by atoms with van der Waals surface area (Å²) in [4.78, 5) is 18.1. The summed E-state index contributed by atoms with van der Waals surface area (Å²) in [7, 11) is 0. The minimum absolute atomic E-state index is 0.336. The summed E-state index contributed by atoms with van der Waals surface area (Å²) in [5.41, 5.74) is 1.13. The fraction of sp³-hybridized carbons (Fsp3) is 0.667. The average Bonchev–Trinajstić information content (AvgIpc) is 3.17. The molecule has 1 aliphatic carbocycles. The highest BCUT2D eigenvalue weighted by molar-refractivity contribution is 9.10. The molecule has 0 aromatic heterocycles. The summed E-state index contributed by atoms with van der Waals surface area (Å²) in [5.74, 6) is 1.06. The van der Waals surface area contributed by atoms with E-state index in [0.29, 0.717) is 24.4 Å². The van der Waals surface area contributed by atoms with Gasteiger partial charge >= 0.3 is 0 Å². The van der Waals surface area contributed by atoms with Gasteiger partial charge < -0.3 is 4.90 Å². The van der Waals surface area contributed by atoms with Gasteiger partial charge in [0.1, 0.15) is 0 Å². The molecule has 3 nitrogen and oxygen atoms in total. The quantitative estimate of drug-likeness (QED) is 0.751. The van der Waals surface area contributed by atoms with E-state index in [1.807, 2.05) is 12.1 Å². The van der Waals surface area contributed by atoms with Gasteiger partial charge in [0.2, 0.25) is 5.91 Å². The maximum absolute atomic E-state index is 13.2. The first kappa shape index (κ1) is 17.5. The molecule has 25 heavy (non-hydrogen) atoms. The van der Waals surface area contributed by atoms with E-state index in [1.165, 1.54) is 58.0 Å². The van der Waals surface area contributed by atoms with E-state index in [-0.39, 0.29) is 0 Å². The van der Waals surface area contributed by atoms with Gasteiger partial charge in [-0.2, -0.15) is 0 Å². The van der Waals surface area contributed by atoms with Gasteiger partial charge in [0.05, 0.1) is 12.5 Å². The minimum atomic E-state index is 0.336. The number of carbonyl (C=O) groups excluding carboxylic acids is 1. The van der Waals surface area contributed by atoms with E-state index >= 15 is 0 Å². The molecule has 0 radical (unpaired) electrons. The summed E-state index contributed by atoms with van der Waals surface area (Å²) in [6.45, 7) is 3.44. The Morgan fingerprint density at radius 1 is 0.960 bits per heavy atom. The van der Waals surface area contributed by atoms with Crippen LogP contribution < -0.4 is 0 Å². The van der Waals surface area contributed by atoms with Gasteiger partial charge in [0, 0.05) is 17.1 Å². The first-order valence-electron chi connectivity index (χ1n) is 10.0. The zero-order valence-electron chi connectivity index (χ0n) is 15.0. The highest BCUT2D eigenvalue weighted by atomic mass is 79.9. The van der Waals surface area contributed by atoms with Gasteiger partial charge in [-0.3, -0.25) is 9.69 Å². The predicted octanol–water partition coefficient (Wildman–Crippen LogP) is 4.25. The molecule has 4 heteroatoms. The normalized spacial score (nSPS) is 30.3. The lowest BCUT2D eigenvalue weighted by molar-refractivity contribution is -0.139. The molecule has 3 aliphatic rings. The van der Waals surface area contributed by atoms with E-state index < -0.39 is 0 Å². The summed E-state index contributed by atoms with van der Waals surface area (Å²) in [6, 6.07) is 9.29. The zero-order chi connectivity index (χ0) is 17.2. The van der Waals surface area contributed by atoms with Crippen LogP contribution in [0.5, 0.6) is 0 Å². The number of hydrogen-bond donors (Lipinski definition) is 0. The molecule has 2 saturated heterocycles. The third-order valence-electron chi connectivity index (χ3n) is 6.48. The number of benzene rings is 1. The van der Waals surface area contributed by atoms with Crippen LogP contribution in [-0.2, 0) is 11.2 Å². The van der Waals surface area contributed by atoms with E-state index in [4.69, 9.17) is 0 Å². The molecule has 1 aromatic carbocycles. The van der Waals surface area contributed by atoms with Crippen LogP contribution in [0, 0.1) is 5.92 Å². The van der Waals surface area contributed by atoms with Crippen LogP contribution >= 0.6 is 15.9 Å². The standard InChI is InChI=1S/C21H29BrN2O/c22-18-10-8-16(9-11-18)15-20(25)24-14-4-6-17-5-3-7-19(21(17)24)23-12-1-2-13-23/h8-11,17,19,21H,1-7,12-15H2/t17-,19+,21+/m0/s1. The molecule has 2 heterocycles. The average molecular weight is 405 g/mol. The van der Waals surface area contributed by atoms with Crippen LogP contribution in [0.2, 0.25) is 0 Å². The summed E-state index contributed by atoms with van der Waals surface area (Å²) in [5, 5.41) is 0. The van der Waals surface area contributed by atoms with Crippen molar-refractivity contribution in [2.75, 3.05) is 19.6 Å². The fourth-order valence-corrected chi connectivity index (χ4v) is 5.60. The number of piperidine rings is 1. The van der Waals surface area contributed by atoms with Gasteiger partial charge in [0.25, 0.3) is 0 Å². The Labute approximate surface area is 159 Å². The van der Waals surface area contributed by atoms with Crippen molar-refractivity contribution >= 4 is 21.8 Å². The van der Waals surface area contributed by atoms with Crippen LogP contribution in [-0.4, -0.2) is 47.4 Å². The van der Waals surface area contributed by atoms with Crippen LogP contribution in [0.25, 0.3) is 0 Å². The van der Waals surface area contributed by atoms with E-state index in [9.17, 15) is 4.79 Å². The molecule has 1 saturated carbocycles. The van der Waals surface area contributed by atoms with Crippen molar-refractivity contribution in [1.29, 1.82) is 0 Å². The Morgan fingerprint density at radius 3 is 2.44 bits per heavy atom. The zero-order valence-corrected chi connectivity index (χ0v) is 16.6. The lowest BCUT2D eigenvalue weighted by atomic mass is 9.74. The van der Waals surface area contributed by atoms with Crippen molar-refractivity contribution in [3.05, 3.63) is 34.3 Å². The molecule has 1 amide bonds. The van der Waals surface area contributed by atoms with E-state index in [1.54, 1.807) is 0 Å². The number of carbonyl (C=O) groups is 1. The second-order valence-electron chi connectivity index (χ2n) is 8.02. The van der Waals surface area contributed by atoms with Crippen molar-refractivity contribution in [2.24, 2.45) is 5.92 Å². The highest BCUT2D eigenvalue weighted by Gasteiger charge is 2.43. The van der Waals surface area contributed by atoms with Crippen molar-refractivity contribution in [3.8, 4) is 0 Å². The molecule has 3 atom stereocenters. The molecule has 0 spiro atoms. The number of likely N-dealkylation sites (tertiary alicyclic amines) is 2. The van der Waals surface area contributed by atoms with Crippen molar-refractivity contribution in [1.82, 2.24) is 9.80 Å². The lowest BCUT2D eigenvalue weighted by Gasteiger charge is -2.51. The number of hydrogen-bond acceptors (Lipinski definition) is 2. The third kappa shape index (κ3) is 3.80. The van der Waals surface area contributed by atoms with Crippen molar-refractivity contribution in [2.45, 2.75) is 63.5 Å². The number of nitrogens with zero attached hydrogens (tertiary/aromatic N) is 2. The Morgan fingerprint density at radius 2 is 1.68 bits per heavy atom. The summed E-state index contributed by atoms with van der Waals surface area (Å²) < 4.78 is 1.07. The SMILES string of the molecule is O=C(Cc1ccc(Br)cc1)N1CCC[C@@H]2CCC[C@@H](N3CCCC3)[C@@H]21. The number of fused-ring (bicyclic) bond motifs is 1. The van der Waals surface area contributed by atoms with Crippen LogP contribution in [0.4, 0.5) is 0 Å². The van der Waals surface area contributed by atoms with Gasteiger partial charge in [-0.15, -0.1) is 0 Å². The number of rotatable bonds is 3. The smallest absolute Gasteiger partial charge is 0.227 e.